The molecule has 2 N–H and O–H groups in total. The molecule has 0 radical (unpaired) electrons. The van der Waals surface area contributed by atoms with Gasteiger partial charge in [0.2, 0.25) is 5.91 Å². The largest absolute Gasteiger partial charge is 0.455 e. The number of nitrogens with one attached hydrogen (secondary N) is 2. The standard InChI is InChI=1S/C20H21FN2O4S/c1-13-7-8-16(14(2)9-13)22-19(25)11-28-12-20(26)27-10-18(24)23-17-6-4-3-5-15(17)21/h3-9H,10-12H2,1-2H3,(H,22,25)(H,23,24). The molecule has 0 saturated carbocycles. The fourth-order valence-electron chi connectivity index (χ4n) is 2.30. The van der Waals surface area contributed by atoms with Gasteiger partial charge in [-0.2, -0.15) is 0 Å². The molecule has 0 heterocycles. The van der Waals surface area contributed by atoms with E-state index in [4.69, 9.17) is 4.74 Å². The summed E-state index contributed by atoms with van der Waals surface area (Å²) in [5, 5.41) is 5.10. The van der Waals surface area contributed by atoms with Crippen LogP contribution in [0, 0.1) is 19.7 Å². The van der Waals surface area contributed by atoms with Crippen LogP contribution in [0.25, 0.3) is 0 Å². The monoisotopic (exact) mass is 404 g/mol. The molecule has 0 bridgehead atoms. The molecule has 2 rings (SSSR count). The van der Waals surface area contributed by atoms with Crippen LogP contribution in [-0.4, -0.2) is 35.9 Å². The van der Waals surface area contributed by atoms with E-state index < -0.39 is 24.3 Å². The molecule has 0 spiro atoms. The summed E-state index contributed by atoms with van der Waals surface area (Å²) >= 11 is 1.08. The molecule has 0 aliphatic carbocycles. The third kappa shape index (κ3) is 7.03. The molecule has 0 unspecified atom stereocenters. The van der Waals surface area contributed by atoms with Crippen LogP contribution >= 0.6 is 11.8 Å². The fourth-order valence-corrected chi connectivity index (χ4v) is 2.91. The lowest BCUT2D eigenvalue weighted by Crippen LogP contribution is -2.22. The second-order valence-corrected chi connectivity index (χ2v) is 7.03. The molecule has 0 atom stereocenters. The van der Waals surface area contributed by atoms with E-state index in [1.54, 1.807) is 6.07 Å². The van der Waals surface area contributed by atoms with Crippen molar-refractivity contribution in [2.45, 2.75) is 13.8 Å². The number of hydrogen-bond donors (Lipinski definition) is 2. The van der Waals surface area contributed by atoms with Gasteiger partial charge < -0.3 is 15.4 Å². The van der Waals surface area contributed by atoms with Crippen molar-refractivity contribution >= 4 is 40.9 Å². The van der Waals surface area contributed by atoms with Gasteiger partial charge in [0.25, 0.3) is 5.91 Å². The molecular formula is C20H21FN2O4S. The zero-order valence-electron chi connectivity index (χ0n) is 15.6. The maximum Gasteiger partial charge on any atom is 0.316 e. The van der Waals surface area contributed by atoms with Crippen LogP contribution in [0.5, 0.6) is 0 Å². The predicted molar refractivity (Wildman–Crippen MR) is 108 cm³/mol. The molecule has 6 nitrogen and oxygen atoms in total. The first-order valence-electron chi connectivity index (χ1n) is 8.50. The molecule has 148 valence electrons. The van der Waals surface area contributed by atoms with Crippen LogP contribution in [0.1, 0.15) is 11.1 Å². The van der Waals surface area contributed by atoms with E-state index in [9.17, 15) is 18.8 Å². The lowest BCUT2D eigenvalue weighted by atomic mass is 10.1. The average Bonchev–Trinajstić information content (AvgIpc) is 2.64. The molecular weight excluding hydrogens is 383 g/mol. The molecule has 0 aromatic heterocycles. The topological polar surface area (TPSA) is 84.5 Å². The first kappa shape index (κ1) is 21.4. The molecule has 0 saturated heterocycles. The molecule has 2 amide bonds. The highest BCUT2D eigenvalue weighted by atomic mass is 32.2. The van der Waals surface area contributed by atoms with Gasteiger partial charge in [-0.15, -0.1) is 11.8 Å². The molecule has 2 aromatic rings. The predicted octanol–water partition coefficient (Wildman–Crippen LogP) is 3.30. The second kappa shape index (κ2) is 10.5. The first-order chi connectivity index (χ1) is 13.3. The minimum Gasteiger partial charge on any atom is -0.455 e. The summed E-state index contributed by atoms with van der Waals surface area (Å²) in [4.78, 5) is 35.3. The Labute approximate surface area is 166 Å². The van der Waals surface area contributed by atoms with Gasteiger partial charge in [-0.1, -0.05) is 29.8 Å². The lowest BCUT2D eigenvalue weighted by Gasteiger charge is -2.09. The molecule has 8 heteroatoms. The van der Waals surface area contributed by atoms with Crippen LogP contribution in [0.4, 0.5) is 15.8 Å². The fraction of sp³-hybridized carbons (Fsp3) is 0.250. The zero-order valence-corrected chi connectivity index (χ0v) is 16.4. The van der Waals surface area contributed by atoms with E-state index in [1.807, 2.05) is 32.0 Å². The van der Waals surface area contributed by atoms with Crippen LogP contribution in [0.2, 0.25) is 0 Å². The van der Waals surface area contributed by atoms with Crippen LogP contribution < -0.4 is 10.6 Å². The Bertz CT molecular complexity index is 873. The minimum absolute atomic E-state index is 0.0148. The number of para-hydroxylation sites is 1. The highest BCUT2D eigenvalue weighted by Crippen LogP contribution is 2.16. The maximum absolute atomic E-state index is 13.4. The van der Waals surface area contributed by atoms with Crippen LogP contribution in [0.15, 0.2) is 42.5 Å². The van der Waals surface area contributed by atoms with E-state index in [0.29, 0.717) is 0 Å². The number of rotatable bonds is 8. The third-order valence-electron chi connectivity index (χ3n) is 3.62. The molecule has 0 fully saturated rings. The Morgan fingerprint density at radius 1 is 0.964 bits per heavy atom. The van der Waals surface area contributed by atoms with E-state index in [0.717, 1.165) is 28.6 Å². The third-order valence-corrected chi connectivity index (χ3v) is 4.53. The highest BCUT2D eigenvalue weighted by Gasteiger charge is 2.11. The van der Waals surface area contributed by atoms with E-state index in [1.165, 1.54) is 18.2 Å². The van der Waals surface area contributed by atoms with Crippen molar-refractivity contribution in [2.24, 2.45) is 0 Å². The van der Waals surface area contributed by atoms with E-state index in [-0.39, 0.29) is 23.1 Å². The molecule has 2 aromatic carbocycles. The van der Waals surface area contributed by atoms with Crippen molar-refractivity contribution in [3.8, 4) is 0 Å². The quantitative estimate of drug-likeness (QED) is 0.660. The molecule has 0 aliphatic heterocycles. The smallest absolute Gasteiger partial charge is 0.316 e. The minimum atomic E-state index is -0.643. The summed E-state index contributed by atoms with van der Waals surface area (Å²) in [5.41, 5.74) is 2.80. The Hall–Kier alpha value is -2.87. The van der Waals surface area contributed by atoms with Crippen molar-refractivity contribution in [1.29, 1.82) is 0 Å². The number of carbonyl (C=O) groups excluding carboxylic acids is 3. The van der Waals surface area contributed by atoms with Crippen molar-refractivity contribution in [1.82, 2.24) is 0 Å². The number of ether oxygens (including phenoxy) is 1. The van der Waals surface area contributed by atoms with E-state index in [2.05, 4.69) is 10.6 Å². The average molecular weight is 404 g/mol. The lowest BCUT2D eigenvalue weighted by molar-refractivity contribution is -0.144. The SMILES string of the molecule is Cc1ccc(NC(=O)CSCC(=O)OCC(=O)Nc2ccccc2F)c(C)c1. The van der Waals surface area contributed by atoms with Crippen molar-refractivity contribution in [3.05, 3.63) is 59.4 Å². The van der Waals surface area contributed by atoms with Gasteiger partial charge in [-0.3, -0.25) is 14.4 Å². The second-order valence-electron chi connectivity index (χ2n) is 6.05. The number of hydrogen-bond acceptors (Lipinski definition) is 5. The Kier molecular flexibility index (Phi) is 8.01. The van der Waals surface area contributed by atoms with Crippen molar-refractivity contribution in [2.75, 3.05) is 28.7 Å². The number of esters is 1. The highest BCUT2D eigenvalue weighted by molar-refractivity contribution is 8.00. The van der Waals surface area contributed by atoms with Gasteiger partial charge in [0.1, 0.15) is 5.82 Å². The van der Waals surface area contributed by atoms with Gasteiger partial charge in [-0.25, -0.2) is 4.39 Å². The molecule has 0 aliphatic rings. The van der Waals surface area contributed by atoms with Crippen LogP contribution in [-0.2, 0) is 19.1 Å². The summed E-state index contributed by atoms with van der Waals surface area (Å²) in [6.45, 7) is 3.35. The number of thioether (sulfide) groups is 1. The Balaban J connectivity index is 1.66. The number of carbonyl (C=O) groups is 3. The Morgan fingerprint density at radius 3 is 2.39 bits per heavy atom. The number of amides is 2. The first-order valence-corrected chi connectivity index (χ1v) is 9.65. The maximum atomic E-state index is 13.4. The number of halogens is 1. The van der Waals surface area contributed by atoms with Gasteiger partial charge in [0, 0.05) is 5.69 Å². The van der Waals surface area contributed by atoms with Crippen LogP contribution in [0.3, 0.4) is 0 Å². The molecule has 28 heavy (non-hydrogen) atoms. The summed E-state index contributed by atoms with van der Waals surface area (Å²) in [6, 6.07) is 11.4. The summed E-state index contributed by atoms with van der Waals surface area (Å²) in [7, 11) is 0. The van der Waals surface area contributed by atoms with Crippen molar-refractivity contribution < 1.29 is 23.5 Å². The number of anilines is 2. The van der Waals surface area contributed by atoms with E-state index >= 15 is 0 Å². The summed E-state index contributed by atoms with van der Waals surface area (Å²) in [5.74, 6) is -2.09. The summed E-state index contributed by atoms with van der Waals surface area (Å²) in [6.07, 6.45) is 0. The van der Waals surface area contributed by atoms with Gasteiger partial charge in [0.15, 0.2) is 6.61 Å². The van der Waals surface area contributed by atoms with Gasteiger partial charge in [-0.05, 0) is 37.6 Å². The van der Waals surface area contributed by atoms with Gasteiger partial charge in [0.05, 0.1) is 17.2 Å². The number of benzene rings is 2. The Morgan fingerprint density at radius 2 is 1.68 bits per heavy atom. The normalized spacial score (nSPS) is 10.2. The zero-order chi connectivity index (χ0) is 20.5. The van der Waals surface area contributed by atoms with Gasteiger partial charge >= 0.3 is 5.97 Å². The van der Waals surface area contributed by atoms with Crippen molar-refractivity contribution in [3.63, 3.8) is 0 Å². The number of aryl methyl sites for hydroxylation is 2. The summed E-state index contributed by atoms with van der Waals surface area (Å²) < 4.78 is 18.3.